The van der Waals surface area contributed by atoms with Gasteiger partial charge in [0.05, 0.1) is 13.2 Å². The van der Waals surface area contributed by atoms with E-state index >= 15 is 0 Å². The fourth-order valence-corrected chi connectivity index (χ4v) is 2.55. The molecule has 2 unspecified atom stereocenters. The van der Waals surface area contributed by atoms with Gasteiger partial charge in [0.2, 0.25) is 6.29 Å². The average molecular weight is 339 g/mol. The molecule has 1 aliphatic heterocycles. The van der Waals surface area contributed by atoms with Crippen LogP contribution in [0.2, 0.25) is 0 Å². The highest BCUT2D eigenvalue weighted by Gasteiger charge is 2.30. The van der Waals surface area contributed by atoms with Crippen LogP contribution in [-0.2, 0) is 20.9 Å². The summed E-state index contributed by atoms with van der Waals surface area (Å²) in [7, 11) is 1.53. The summed E-state index contributed by atoms with van der Waals surface area (Å²) in [6.07, 6.45) is 3.08. The van der Waals surface area contributed by atoms with Crippen molar-refractivity contribution in [2.75, 3.05) is 13.7 Å². The largest absolute Gasteiger partial charge is 0.374 e. The number of nitrogens with zero attached hydrogens (tertiary/aromatic N) is 1. The molecule has 0 saturated carbocycles. The first kappa shape index (κ1) is 17.4. The highest BCUT2D eigenvalue weighted by atomic mass is 16.8. The van der Waals surface area contributed by atoms with Crippen LogP contribution in [0, 0.1) is 0 Å². The normalized spacial score (nSPS) is 19.8. The lowest BCUT2D eigenvalue weighted by Crippen LogP contribution is -2.47. The minimum absolute atomic E-state index is 0.222. The van der Waals surface area contributed by atoms with Gasteiger partial charge in [-0.2, -0.15) is 0 Å². The fourth-order valence-electron chi connectivity index (χ4n) is 2.55. The molecule has 0 fully saturated rings. The van der Waals surface area contributed by atoms with E-state index in [1.165, 1.54) is 12.2 Å². The zero-order chi connectivity index (χ0) is 17.5. The monoisotopic (exact) mass is 339 g/mol. The van der Waals surface area contributed by atoms with Gasteiger partial charge in [-0.05, 0) is 23.8 Å². The molecule has 0 radical (unpaired) electrons. The molecule has 2 atom stereocenters. The summed E-state index contributed by atoms with van der Waals surface area (Å²) < 4.78 is 11.0. The summed E-state index contributed by atoms with van der Waals surface area (Å²) in [6.45, 7) is 0.812. The molecule has 0 bridgehead atoms. The van der Waals surface area contributed by atoms with E-state index in [9.17, 15) is 4.79 Å². The molecule has 2 aromatic carbocycles. The number of carbonyl (C=O) groups is 1. The highest BCUT2D eigenvalue weighted by molar-refractivity contribution is 5.93. The van der Waals surface area contributed by atoms with Crippen molar-refractivity contribution >= 4 is 5.91 Å². The Hall–Kier alpha value is -2.47. The molecular formula is C20H21NO4. The van der Waals surface area contributed by atoms with Crippen LogP contribution in [0.25, 0.3) is 0 Å². The number of ether oxygens (including phenoxy) is 2. The van der Waals surface area contributed by atoms with Gasteiger partial charge < -0.3 is 9.47 Å². The minimum Gasteiger partial charge on any atom is -0.374 e. The molecule has 1 heterocycles. The Morgan fingerprint density at radius 2 is 1.72 bits per heavy atom. The van der Waals surface area contributed by atoms with Crippen molar-refractivity contribution in [2.24, 2.45) is 0 Å². The standard InChI is InChI=1S/C20H21NO4/c1-23-19-13-12-18(15-24-14-16-8-4-2-5-9-16)21(25-19)20(22)17-10-6-3-7-11-17/h2-13,18-19H,14-15H2,1H3. The van der Waals surface area contributed by atoms with Gasteiger partial charge in [-0.25, -0.2) is 9.90 Å². The molecule has 5 heteroatoms. The second-order valence-electron chi connectivity index (χ2n) is 5.66. The summed E-state index contributed by atoms with van der Waals surface area (Å²) in [4.78, 5) is 18.4. The van der Waals surface area contributed by atoms with E-state index in [1.54, 1.807) is 18.2 Å². The third-order valence-corrected chi connectivity index (χ3v) is 3.86. The van der Waals surface area contributed by atoms with Crippen molar-refractivity contribution in [3.63, 3.8) is 0 Å². The van der Waals surface area contributed by atoms with E-state index in [1.807, 2.05) is 54.6 Å². The number of hydroxylamine groups is 2. The lowest BCUT2D eigenvalue weighted by atomic mass is 10.1. The van der Waals surface area contributed by atoms with Crippen molar-refractivity contribution in [1.82, 2.24) is 5.06 Å². The van der Waals surface area contributed by atoms with Crippen LogP contribution in [0.3, 0.4) is 0 Å². The molecule has 0 N–H and O–H groups in total. The van der Waals surface area contributed by atoms with Crippen molar-refractivity contribution in [3.05, 3.63) is 83.9 Å². The maximum Gasteiger partial charge on any atom is 0.278 e. The first-order valence-corrected chi connectivity index (χ1v) is 8.16. The third-order valence-electron chi connectivity index (χ3n) is 3.86. The van der Waals surface area contributed by atoms with Crippen LogP contribution in [0.4, 0.5) is 0 Å². The zero-order valence-corrected chi connectivity index (χ0v) is 14.1. The zero-order valence-electron chi connectivity index (χ0n) is 14.1. The minimum atomic E-state index is -0.585. The van der Waals surface area contributed by atoms with E-state index in [-0.39, 0.29) is 11.9 Å². The molecular weight excluding hydrogens is 318 g/mol. The smallest absolute Gasteiger partial charge is 0.278 e. The lowest BCUT2D eigenvalue weighted by molar-refractivity contribution is -0.249. The van der Waals surface area contributed by atoms with E-state index in [2.05, 4.69) is 0 Å². The van der Waals surface area contributed by atoms with Gasteiger partial charge in [0.25, 0.3) is 5.91 Å². The molecule has 1 aliphatic rings. The van der Waals surface area contributed by atoms with Crippen LogP contribution < -0.4 is 0 Å². The topological polar surface area (TPSA) is 48.0 Å². The number of hydrogen-bond donors (Lipinski definition) is 0. The molecule has 0 spiro atoms. The predicted molar refractivity (Wildman–Crippen MR) is 93.5 cm³/mol. The number of methoxy groups -OCH3 is 1. The summed E-state index contributed by atoms with van der Waals surface area (Å²) in [5.41, 5.74) is 1.64. The molecule has 0 saturated heterocycles. The quantitative estimate of drug-likeness (QED) is 0.759. The van der Waals surface area contributed by atoms with Crippen LogP contribution in [-0.4, -0.2) is 37.0 Å². The Morgan fingerprint density at radius 3 is 2.40 bits per heavy atom. The number of carbonyl (C=O) groups excluding carboxylic acids is 1. The van der Waals surface area contributed by atoms with Gasteiger partial charge in [0, 0.05) is 12.7 Å². The molecule has 1 amide bonds. The Labute approximate surface area is 147 Å². The summed E-state index contributed by atoms with van der Waals surface area (Å²) in [5, 5.41) is 1.33. The summed E-state index contributed by atoms with van der Waals surface area (Å²) in [5.74, 6) is -0.222. The number of hydrogen-bond acceptors (Lipinski definition) is 4. The van der Waals surface area contributed by atoms with Crippen molar-refractivity contribution in [3.8, 4) is 0 Å². The van der Waals surface area contributed by atoms with Crippen molar-refractivity contribution in [2.45, 2.75) is 18.9 Å². The molecule has 130 valence electrons. The molecule has 0 aromatic heterocycles. The van der Waals surface area contributed by atoms with Gasteiger partial charge >= 0.3 is 0 Å². The highest BCUT2D eigenvalue weighted by Crippen LogP contribution is 2.18. The Balaban J connectivity index is 1.67. The lowest BCUT2D eigenvalue weighted by Gasteiger charge is -2.34. The van der Waals surface area contributed by atoms with Gasteiger partial charge in [0.1, 0.15) is 6.04 Å². The van der Waals surface area contributed by atoms with E-state index < -0.39 is 6.29 Å². The Bertz CT molecular complexity index is 702. The molecule has 0 aliphatic carbocycles. The summed E-state index contributed by atoms with van der Waals surface area (Å²) >= 11 is 0. The van der Waals surface area contributed by atoms with Crippen LogP contribution in [0.5, 0.6) is 0 Å². The molecule has 3 rings (SSSR count). The number of amides is 1. The molecule has 5 nitrogen and oxygen atoms in total. The average Bonchev–Trinajstić information content (AvgIpc) is 2.69. The Morgan fingerprint density at radius 1 is 1.04 bits per heavy atom. The van der Waals surface area contributed by atoms with Crippen molar-refractivity contribution in [1.29, 1.82) is 0 Å². The fraction of sp³-hybridized carbons (Fsp3) is 0.250. The van der Waals surface area contributed by atoms with Crippen molar-refractivity contribution < 1.29 is 19.1 Å². The molecule has 2 aromatic rings. The maximum absolute atomic E-state index is 12.8. The first-order chi connectivity index (χ1) is 12.3. The van der Waals surface area contributed by atoms with Crippen LogP contribution in [0.15, 0.2) is 72.8 Å². The first-order valence-electron chi connectivity index (χ1n) is 8.16. The van der Waals surface area contributed by atoms with Crippen LogP contribution >= 0.6 is 0 Å². The molecule has 25 heavy (non-hydrogen) atoms. The van der Waals surface area contributed by atoms with Gasteiger partial charge in [-0.15, -0.1) is 0 Å². The van der Waals surface area contributed by atoms with E-state index in [0.29, 0.717) is 18.8 Å². The maximum atomic E-state index is 12.8. The van der Waals surface area contributed by atoms with Gasteiger partial charge in [-0.1, -0.05) is 54.6 Å². The van der Waals surface area contributed by atoms with Gasteiger partial charge in [0.15, 0.2) is 0 Å². The van der Waals surface area contributed by atoms with E-state index in [4.69, 9.17) is 14.3 Å². The number of rotatable bonds is 6. The Kier molecular flexibility index (Phi) is 5.95. The SMILES string of the molecule is COC1C=CC(COCc2ccccc2)N(C(=O)c2ccccc2)O1. The second kappa shape index (κ2) is 8.58. The van der Waals surface area contributed by atoms with Crippen LogP contribution in [0.1, 0.15) is 15.9 Å². The van der Waals surface area contributed by atoms with Gasteiger partial charge in [-0.3, -0.25) is 4.79 Å². The number of benzene rings is 2. The predicted octanol–water partition coefficient (Wildman–Crippen LogP) is 3.19. The second-order valence-corrected chi connectivity index (χ2v) is 5.66. The third kappa shape index (κ3) is 4.54. The summed E-state index contributed by atoms with van der Waals surface area (Å²) in [6, 6.07) is 18.6. The van der Waals surface area contributed by atoms with E-state index in [0.717, 1.165) is 5.56 Å².